The van der Waals surface area contributed by atoms with E-state index in [4.69, 9.17) is 7.67 Å². The SMILES string of the molecule is [Mo].[Mo].[O]=[Cu].[O]=[Cu].[S-]S. The van der Waals surface area contributed by atoms with Crippen LogP contribution in [0.1, 0.15) is 0 Å². The zero-order valence-electron chi connectivity index (χ0n) is 3.09. The Morgan fingerprint density at radius 3 is 0.875 bits per heavy atom. The Kier molecular flexibility index (Phi) is 387. The first-order chi connectivity index (χ1) is 3.00. The topological polar surface area (TPSA) is 34.1 Å². The van der Waals surface area contributed by atoms with Gasteiger partial charge >= 0.3 is 39.6 Å². The van der Waals surface area contributed by atoms with Gasteiger partial charge in [-0.1, -0.05) is 0 Å². The van der Waals surface area contributed by atoms with Crippen molar-refractivity contribution in [2.45, 2.75) is 0 Å². The van der Waals surface area contributed by atoms with E-state index in [1.54, 1.807) is 0 Å². The zero-order valence-corrected chi connectivity index (χ0v) is 10.7. The number of rotatable bonds is 0. The first kappa shape index (κ1) is 31.0. The maximum atomic E-state index is 7.81. The van der Waals surface area contributed by atoms with Gasteiger partial charge < -0.3 is 23.3 Å². The van der Waals surface area contributed by atoms with E-state index in [1.165, 1.54) is 0 Å². The molecule has 8 heteroatoms. The van der Waals surface area contributed by atoms with Crippen molar-refractivity contribution < 1.29 is 81.7 Å². The molecule has 0 unspecified atom stereocenters. The second-order valence-corrected chi connectivity index (χ2v) is 0. The summed E-state index contributed by atoms with van der Waals surface area (Å²) < 4.78 is 15.6. The molecule has 0 aromatic carbocycles. The van der Waals surface area contributed by atoms with Gasteiger partial charge in [-0.05, 0) is 0 Å². The Morgan fingerprint density at radius 1 is 0.875 bits per heavy atom. The number of thiol groups is 1. The van der Waals surface area contributed by atoms with Gasteiger partial charge in [0.25, 0.3) is 0 Å². The van der Waals surface area contributed by atoms with Crippen LogP contribution in [0, 0.1) is 0 Å². The summed E-state index contributed by atoms with van der Waals surface area (Å²) in [6, 6.07) is 0. The minimum atomic E-state index is 0. The van der Waals surface area contributed by atoms with Crippen molar-refractivity contribution >= 4 is 23.3 Å². The molecule has 0 heterocycles. The fourth-order valence-electron chi connectivity index (χ4n) is 0. The molecular formula is HCu2Mo2O2S2-. The quantitative estimate of drug-likeness (QED) is 0.264. The average Bonchev–Trinajstić information content (AvgIpc) is 1.81. The van der Waals surface area contributed by atoms with Crippen LogP contribution in [0.4, 0.5) is 0 Å². The fraction of sp³-hybridized carbons (Fsp3) is 0. The summed E-state index contributed by atoms with van der Waals surface area (Å²) in [4.78, 5) is 0. The minimum absolute atomic E-state index is 0. The summed E-state index contributed by atoms with van der Waals surface area (Å²) in [5.74, 6) is 0. The Hall–Kier alpha value is 2.72. The van der Waals surface area contributed by atoms with Crippen LogP contribution in [-0.4, -0.2) is 0 Å². The first-order valence-corrected chi connectivity index (χ1v) is 2.66. The van der Waals surface area contributed by atoms with Gasteiger partial charge in [-0.25, -0.2) is 0 Å². The maximum absolute atomic E-state index is 7.81. The van der Waals surface area contributed by atoms with Crippen molar-refractivity contribution in [1.29, 1.82) is 0 Å². The molecule has 0 saturated carbocycles. The van der Waals surface area contributed by atoms with Gasteiger partial charge in [-0.3, -0.25) is 0 Å². The van der Waals surface area contributed by atoms with Gasteiger partial charge in [-0.15, -0.1) is 0 Å². The van der Waals surface area contributed by atoms with E-state index >= 15 is 0 Å². The molecule has 0 rings (SSSR count). The summed E-state index contributed by atoms with van der Waals surface area (Å²) in [6.45, 7) is 0. The molecule has 8 heavy (non-hydrogen) atoms. The average molecular weight is 416 g/mol. The second-order valence-electron chi connectivity index (χ2n) is 0. The van der Waals surface area contributed by atoms with Gasteiger partial charge in [0, 0.05) is 42.1 Å². The molecule has 0 aliphatic rings. The van der Waals surface area contributed by atoms with Gasteiger partial charge in [0.2, 0.25) is 0 Å². The summed E-state index contributed by atoms with van der Waals surface area (Å²) >= 11 is 12.8. The van der Waals surface area contributed by atoms with Gasteiger partial charge in [0.05, 0.1) is 0 Å². The van der Waals surface area contributed by atoms with Crippen molar-refractivity contribution in [3.63, 3.8) is 0 Å². The summed E-state index contributed by atoms with van der Waals surface area (Å²) in [7, 11) is 0. The standard InChI is InChI=1S/2Cu.2Mo.2O.H2S2/c;;;;;;1-2/h;;;;;;1-2H/p-1. The molecule has 0 aliphatic carbocycles. The third kappa shape index (κ3) is 70.4. The van der Waals surface area contributed by atoms with Crippen molar-refractivity contribution in [3.8, 4) is 0 Å². The van der Waals surface area contributed by atoms with Crippen molar-refractivity contribution in [2.75, 3.05) is 0 Å². The Morgan fingerprint density at radius 2 is 0.875 bits per heavy atom. The predicted octanol–water partition coefficient (Wildman–Crippen LogP) is 0.131. The normalized spacial score (nSPS) is 2.25. The Bertz CT molecular complexity index is 18.0. The summed E-state index contributed by atoms with van der Waals surface area (Å²) in [5, 5.41) is 0. The van der Waals surface area contributed by atoms with Gasteiger partial charge in [-0.2, -0.15) is 0 Å². The largest absolute Gasteiger partial charge is 0.723 e. The van der Waals surface area contributed by atoms with Crippen molar-refractivity contribution in [2.24, 2.45) is 0 Å². The second kappa shape index (κ2) is 100. The van der Waals surface area contributed by atoms with E-state index in [1.807, 2.05) is 0 Å². The van der Waals surface area contributed by atoms with Crippen LogP contribution < -0.4 is 0 Å². The molecule has 0 amide bonds. The summed E-state index contributed by atoms with van der Waals surface area (Å²) in [5.41, 5.74) is 0. The molecule has 0 aromatic rings. The molecule has 60 valence electrons. The van der Waals surface area contributed by atoms with E-state index in [0.29, 0.717) is 0 Å². The molecule has 0 bridgehead atoms. The molecular weight excluding hydrogens is 415 g/mol. The van der Waals surface area contributed by atoms with Crippen LogP contribution in [-0.2, 0) is 93.4 Å². The molecule has 0 aromatic heterocycles. The van der Waals surface area contributed by atoms with Gasteiger partial charge in [0.15, 0.2) is 0 Å². The monoisotopic (exact) mass is 419 g/mol. The molecule has 0 aliphatic heterocycles. The van der Waals surface area contributed by atoms with Crippen LogP contribution in [0.2, 0.25) is 0 Å². The maximum Gasteiger partial charge on any atom is -0.350 e. The van der Waals surface area contributed by atoms with Crippen molar-refractivity contribution in [1.82, 2.24) is 0 Å². The van der Waals surface area contributed by atoms with Crippen LogP contribution in [0.5, 0.6) is 0 Å². The molecule has 0 fully saturated rings. The van der Waals surface area contributed by atoms with E-state index in [0.717, 1.165) is 0 Å². The molecule has 0 atom stereocenters. The molecule has 0 N–H and O–H groups in total. The van der Waals surface area contributed by atoms with Gasteiger partial charge in [0.1, 0.15) is 0 Å². The van der Waals surface area contributed by atoms with E-state index in [-0.39, 0.29) is 42.1 Å². The van der Waals surface area contributed by atoms with Crippen LogP contribution in [0.15, 0.2) is 0 Å². The van der Waals surface area contributed by atoms with E-state index in [9.17, 15) is 0 Å². The number of hydrogen-bond donors (Lipinski definition) is 1. The van der Waals surface area contributed by atoms with Crippen LogP contribution in [0.3, 0.4) is 0 Å². The third-order valence-corrected chi connectivity index (χ3v) is 0. The smallest absolute Gasteiger partial charge is 0.350 e. The van der Waals surface area contributed by atoms with Crippen LogP contribution in [0.25, 0.3) is 0 Å². The molecule has 0 saturated heterocycles. The fourth-order valence-corrected chi connectivity index (χ4v) is 0. The van der Waals surface area contributed by atoms with Crippen LogP contribution >= 0.6 is 11.7 Å². The summed E-state index contributed by atoms with van der Waals surface area (Å²) in [6.07, 6.45) is 0. The Labute approximate surface area is 103 Å². The molecule has 0 radical (unpaired) electrons. The third-order valence-electron chi connectivity index (χ3n) is 0. The molecule has 2 nitrogen and oxygen atoms in total. The van der Waals surface area contributed by atoms with Crippen molar-refractivity contribution in [3.05, 3.63) is 0 Å². The minimum Gasteiger partial charge on any atom is -0.723 e. The van der Waals surface area contributed by atoms with E-state index in [2.05, 4.69) is 55.2 Å². The predicted molar refractivity (Wildman–Crippen MR) is 17.7 cm³/mol. The first-order valence-electron chi connectivity index (χ1n) is 0.429. The zero-order chi connectivity index (χ0) is 6.00. The van der Waals surface area contributed by atoms with E-state index < -0.39 is 0 Å². The number of hydrogen-bond acceptors (Lipinski definition) is 4. The molecule has 0 spiro atoms. The Balaban J connectivity index is -0.00000000500.